The molecular formula is C24H33N3O3. The number of hydrogen-bond donors (Lipinski definition) is 0. The summed E-state index contributed by atoms with van der Waals surface area (Å²) in [4.78, 5) is 44.3. The van der Waals surface area contributed by atoms with Gasteiger partial charge in [-0.05, 0) is 50.0 Å². The van der Waals surface area contributed by atoms with Crippen LogP contribution in [0.25, 0.3) is 0 Å². The molecule has 3 fully saturated rings. The van der Waals surface area contributed by atoms with Crippen molar-refractivity contribution in [1.29, 1.82) is 0 Å². The van der Waals surface area contributed by atoms with E-state index in [1.165, 1.54) is 17.4 Å². The van der Waals surface area contributed by atoms with Crippen LogP contribution in [0.1, 0.15) is 57.9 Å². The summed E-state index contributed by atoms with van der Waals surface area (Å²) in [6.45, 7) is 7.84. The lowest BCUT2D eigenvalue weighted by atomic mass is 9.77. The van der Waals surface area contributed by atoms with E-state index in [1.54, 1.807) is 0 Å². The van der Waals surface area contributed by atoms with Crippen molar-refractivity contribution in [3.8, 4) is 0 Å². The van der Waals surface area contributed by atoms with Gasteiger partial charge in [0.15, 0.2) is 0 Å². The molecule has 6 heteroatoms. The lowest BCUT2D eigenvalue weighted by Gasteiger charge is -2.32. The molecule has 0 radical (unpaired) electrons. The number of carbonyl (C=O) groups is 3. The van der Waals surface area contributed by atoms with Crippen molar-refractivity contribution >= 4 is 17.8 Å². The third-order valence-electron chi connectivity index (χ3n) is 7.53. The third kappa shape index (κ3) is 3.50. The average Bonchev–Trinajstić information content (AvgIpc) is 3.33. The number of nitrogens with zero attached hydrogens (tertiary/aromatic N) is 3. The van der Waals surface area contributed by atoms with E-state index in [2.05, 4.69) is 19.1 Å². The van der Waals surface area contributed by atoms with Crippen molar-refractivity contribution in [3.63, 3.8) is 0 Å². The summed E-state index contributed by atoms with van der Waals surface area (Å²) in [5.74, 6) is 0.117. The lowest BCUT2D eigenvalue weighted by molar-refractivity contribution is -0.137. The maximum Gasteiger partial charge on any atom is 0.327 e. The van der Waals surface area contributed by atoms with Crippen molar-refractivity contribution in [2.45, 2.75) is 64.5 Å². The fourth-order valence-electron chi connectivity index (χ4n) is 5.95. The molecule has 162 valence electrons. The quantitative estimate of drug-likeness (QED) is 0.765. The van der Waals surface area contributed by atoms with E-state index in [0.29, 0.717) is 13.0 Å². The van der Waals surface area contributed by atoms with Gasteiger partial charge >= 0.3 is 6.03 Å². The Morgan fingerprint density at radius 3 is 2.30 bits per heavy atom. The predicted molar refractivity (Wildman–Crippen MR) is 115 cm³/mol. The van der Waals surface area contributed by atoms with Crippen LogP contribution in [0.15, 0.2) is 30.3 Å². The maximum absolute atomic E-state index is 13.6. The van der Waals surface area contributed by atoms with Crippen molar-refractivity contribution in [2.75, 3.05) is 19.6 Å². The third-order valence-corrected chi connectivity index (χ3v) is 7.53. The molecule has 1 aromatic rings. The number of urea groups is 1. The van der Waals surface area contributed by atoms with Crippen LogP contribution in [0, 0.1) is 11.8 Å². The first-order valence-electron chi connectivity index (χ1n) is 11.4. The Morgan fingerprint density at radius 2 is 1.70 bits per heavy atom. The number of likely N-dealkylation sites (tertiary alicyclic amines) is 1. The summed E-state index contributed by atoms with van der Waals surface area (Å²) >= 11 is 0. The van der Waals surface area contributed by atoms with Crippen LogP contribution in [0.2, 0.25) is 0 Å². The molecule has 5 atom stereocenters. The Kier molecular flexibility index (Phi) is 5.85. The van der Waals surface area contributed by atoms with Crippen LogP contribution in [0.5, 0.6) is 0 Å². The topological polar surface area (TPSA) is 60.9 Å². The first-order valence-corrected chi connectivity index (χ1v) is 11.4. The van der Waals surface area contributed by atoms with Gasteiger partial charge in [0.1, 0.15) is 0 Å². The molecular weight excluding hydrogens is 378 g/mol. The number of rotatable bonds is 3. The van der Waals surface area contributed by atoms with Crippen molar-refractivity contribution in [3.05, 3.63) is 35.9 Å². The number of imide groups is 1. The van der Waals surface area contributed by atoms with Crippen molar-refractivity contribution in [2.24, 2.45) is 11.8 Å². The molecule has 2 saturated heterocycles. The minimum atomic E-state index is -0.234. The maximum atomic E-state index is 13.6. The fraction of sp³-hybridized carbons (Fsp3) is 0.625. The first-order chi connectivity index (χ1) is 14.4. The Balaban J connectivity index is 1.75. The molecule has 4 rings (SSSR count). The van der Waals surface area contributed by atoms with E-state index >= 15 is 0 Å². The van der Waals surface area contributed by atoms with Crippen LogP contribution in [0.4, 0.5) is 4.79 Å². The summed E-state index contributed by atoms with van der Waals surface area (Å²) < 4.78 is 0. The Hall–Kier alpha value is -2.37. The smallest absolute Gasteiger partial charge is 0.327 e. The van der Waals surface area contributed by atoms with Crippen molar-refractivity contribution < 1.29 is 14.4 Å². The Labute approximate surface area is 179 Å². The largest absolute Gasteiger partial charge is 0.342 e. The van der Waals surface area contributed by atoms with E-state index in [9.17, 15) is 14.4 Å². The monoisotopic (exact) mass is 411 g/mol. The zero-order chi connectivity index (χ0) is 21.4. The van der Waals surface area contributed by atoms with Crippen molar-refractivity contribution in [1.82, 2.24) is 14.7 Å². The zero-order valence-electron chi connectivity index (χ0n) is 18.3. The van der Waals surface area contributed by atoms with Gasteiger partial charge in [0.05, 0.1) is 12.1 Å². The van der Waals surface area contributed by atoms with Crippen LogP contribution >= 0.6 is 0 Å². The molecule has 1 aromatic carbocycles. The van der Waals surface area contributed by atoms with Crippen LogP contribution in [-0.2, 0) is 9.59 Å². The van der Waals surface area contributed by atoms with Gasteiger partial charge in [-0.1, -0.05) is 37.3 Å². The zero-order valence-corrected chi connectivity index (χ0v) is 18.3. The van der Waals surface area contributed by atoms with E-state index in [4.69, 9.17) is 0 Å². The lowest BCUT2D eigenvalue weighted by Crippen LogP contribution is -2.44. The highest BCUT2D eigenvalue weighted by molar-refractivity contribution is 5.96. The first kappa shape index (κ1) is 20.9. The highest BCUT2D eigenvalue weighted by Gasteiger charge is 2.53. The number of hydrogen-bond acceptors (Lipinski definition) is 3. The predicted octanol–water partition coefficient (Wildman–Crippen LogP) is 3.48. The molecule has 2 aliphatic heterocycles. The SMILES string of the molecule is CCN1C(=O)N(C(C)=O)[C@H]2C[C@@H](C(=O)N3CCCC3)[C@@H](C)[C@@H](c3ccccc3)C[C@H]21. The minimum absolute atomic E-state index is 0.0459. The summed E-state index contributed by atoms with van der Waals surface area (Å²) in [7, 11) is 0. The average molecular weight is 412 g/mol. The summed E-state index contributed by atoms with van der Waals surface area (Å²) in [5, 5.41) is 0. The van der Waals surface area contributed by atoms with Gasteiger partial charge in [-0.2, -0.15) is 0 Å². The molecule has 6 nitrogen and oxygen atoms in total. The molecule has 3 aliphatic rings. The van der Waals surface area contributed by atoms with Gasteiger partial charge in [0.25, 0.3) is 0 Å². The molecule has 4 amide bonds. The number of carbonyl (C=O) groups excluding carboxylic acids is 3. The molecule has 1 saturated carbocycles. The van der Waals surface area contributed by atoms with Gasteiger partial charge in [-0.15, -0.1) is 0 Å². The molecule has 0 N–H and O–H groups in total. The second kappa shape index (κ2) is 8.40. The highest BCUT2D eigenvalue weighted by Crippen LogP contribution is 2.45. The minimum Gasteiger partial charge on any atom is -0.342 e. The van der Waals surface area contributed by atoms with E-state index in [1.807, 2.05) is 34.9 Å². The van der Waals surface area contributed by atoms with E-state index in [0.717, 1.165) is 32.4 Å². The standard InChI is InChI=1S/C24H33N3O3/c1-4-26-21-14-19(18-10-6-5-7-11-18)16(2)20(23(29)25-12-8-9-13-25)15-22(21)27(17(3)28)24(26)30/h5-7,10-11,16,19-22H,4,8-9,12-15H2,1-3H3/t16-,19-,20+,21+,22-/m0/s1. The molecule has 0 unspecified atom stereocenters. The summed E-state index contributed by atoms with van der Waals surface area (Å²) in [6, 6.07) is 9.88. The fourth-order valence-corrected chi connectivity index (χ4v) is 5.95. The van der Waals surface area contributed by atoms with Crippen LogP contribution in [-0.4, -0.2) is 64.3 Å². The summed E-state index contributed by atoms with van der Waals surface area (Å²) in [6.07, 6.45) is 3.46. The number of benzene rings is 1. The van der Waals surface area contributed by atoms with Gasteiger partial charge in [0.2, 0.25) is 11.8 Å². The number of fused-ring (bicyclic) bond motifs is 1. The van der Waals surface area contributed by atoms with Gasteiger partial charge in [-0.25, -0.2) is 4.79 Å². The second-order valence-electron chi connectivity index (χ2n) is 9.08. The van der Waals surface area contributed by atoms with Gasteiger partial charge in [0, 0.05) is 32.5 Å². The van der Waals surface area contributed by atoms with E-state index < -0.39 is 0 Å². The van der Waals surface area contributed by atoms with Gasteiger partial charge in [-0.3, -0.25) is 14.5 Å². The normalized spacial score (nSPS) is 31.6. The van der Waals surface area contributed by atoms with E-state index in [-0.39, 0.29) is 47.7 Å². The molecule has 2 heterocycles. The molecule has 30 heavy (non-hydrogen) atoms. The Bertz CT molecular complexity index is 805. The second-order valence-corrected chi connectivity index (χ2v) is 9.08. The number of amides is 4. The van der Waals surface area contributed by atoms with Crippen LogP contribution < -0.4 is 0 Å². The Morgan fingerprint density at radius 1 is 1.03 bits per heavy atom. The van der Waals surface area contributed by atoms with Crippen LogP contribution in [0.3, 0.4) is 0 Å². The highest BCUT2D eigenvalue weighted by atomic mass is 16.2. The molecule has 0 spiro atoms. The molecule has 0 aromatic heterocycles. The van der Waals surface area contributed by atoms with Gasteiger partial charge < -0.3 is 9.80 Å². The summed E-state index contributed by atoms with van der Waals surface area (Å²) in [5.41, 5.74) is 1.22. The molecule has 0 bridgehead atoms. The molecule has 1 aliphatic carbocycles. The number of likely N-dealkylation sites (N-methyl/N-ethyl adjacent to an activating group) is 1.